The number of carbonyl (C=O) groups is 3. The Balaban J connectivity index is 0.000000250. The number of aliphatic hydroxyl groups is 1. The number of halogens is 2. The van der Waals surface area contributed by atoms with E-state index in [2.05, 4.69) is 27.9 Å². The molecule has 1 aliphatic rings. The van der Waals surface area contributed by atoms with Gasteiger partial charge in [0.25, 0.3) is 5.95 Å². The minimum Gasteiger partial charge on any atom is -0.434 e. The quantitative estimate of drug-likeness (QED) is 0.245. The number of hydrogen-bond donors (Lipinski definition) is 4. The van der Waals surface area contributed by atoms with Gasteiger partial charge in [0.2, 0.25) is 18.7 Å². The second-order valence-corrected chi connectivity index (χ2v) is 8.61. The number of nitrogens with one attached hydrogen (secondary N) is 2. The van der Waals surface area contributed by atoms with E-state index in [-0.39, 0.29) is 12.3 Å². The average Bonchev–Trinajstić information content (AvgIpc) is 3.69. The van der Waals surface area contributed by atoms with Gasteiger partial charge in [-0.25, -0.2) is 0 Å². The van der Waals surface area contributed by atoms with Crippen LogP contribution in [0.4, 0.5) is 8.78 Å². The summed E-state index contributed by atoms with van der Waals surface area (Å²) in [4.78, 5) is 40.1. The Kier molecular flexibility index (Phi) is 14.0. The number of rotatable bonds is 7. The fraction of sp³-hybridized carbons (Fsp3) is 0.286. The fourth-order valence-corrected chi connectivity index (χ4v) is 4.02. The number of nitrogens with two attached hydrogens (primary N) is 1. The number of ether oxygens (including phenoxy) is 1. The standard InChI is InChI=1S/C17H19NO3.C9H9N3O.CH2F2O.CH3NO/c1-13-5-3-9-18(13)16(19)12-14-6-2-7-15(11-14)21-17-8-4-10-20-17;13-6-11-5-8-3-7-4-10-2-1-9(7)12-8;2-1(3)4;2-1-3/h2,4,6-8,10-11,13H,3,5,9,12H2,1H3;1-4,6,12H,5H2,(H,11,13);1,4H;1H,(H2,2,3). The molecule has 0 spiro atoms. The molecule has 41 heavy (non-hydrogen) atoms. The van der Waals surface area contributed by atoms with Crippen molar-refractivity contribution in [2.24, 2.45) is 5.73 Å². The zero-order valence-electron chi connectivity index (χ0n) is 22.4. The van der Waals surface area contributed by atoms with E-state index in [0.717, 1.165) is 41.5 Å². The Morgan fingerprint density at radius 3 is 2.66 bits per heavy atom. The second kappa shape index (κ2) is 17.7. The zero-order chi connectivity index (χ0) is 30.0. The summed E-state index contributed by atoms with van der Waals surface area (Å²) < 4.78 is 30.5. The molecule has 1 unspecified atom stereocenters. The van der Waals surface area contributed by atoms with Crippen LogP contribution in [0.5, 0.6) is 11.7 Å². The number of aliphatic hydroxyl groups excluding tert-OH is 1. The number of aromatic amines is 1. The highest BCUT2D eigenvalue weighted by Gasteiger charge is 2.24. The van der Waals surface area contributed by atoms with E-state index >= 15 is 0 Å². The minimum absolute atomic E-state index is 0.190. The summed E-state index contributed by atoms with van der Waals surface area (Å²) in [7, 11) is 0. The monoisotopic (exact) mass is 573 g/mol. The first-order chi connectivity index (χ1) is 19.8. The maximum absolute atomic E-state index is 12.3. The molecule has 220 valence electrons. The molecule has 4 heterocycles. The average molecular weight is 574 g/mol. The Hall–Kier alpha value is -4.78. The number of H-pyrrole nitrogens is 1. The van der Waals surface area contributed by atoms with Gasteiger partial charge in [-0.05, 0) is 55.7 Å². The number of aromatic nitrogens is 2. The summed E-state index contributed by atoms with van der Waals surface area (Å²) in [6.07, 6.45) is 8.65. The van der Waals surface area contributed by atoms with Gasteiger partial charge in [-0.15, -0.1) is 0 Å². The zero-order valence-corrected chi connectivity index (χ0v) is 22.4. The normalized spacial score (nSPS) is 13.6. The number of furan rings is 1. The lowest BCUT2D eigenvalue weighted by molar-refractivity contribution is -0.131. The van der Waals surface area contributed by atoms with E-state index in [1.807, 2.05) is 41.3 Å². The lowest BCUT2D eigenvalue weighted by Gasteiger charge is -2.21. The third-order valence-corrected chi connectivity index (χ3v) is 5.69. The molecule has 0 saturated carbocycles. The van der Waals surface area contributed by atoms with Gasteiger partial charge in [0.1, 0.15) is 5.75 Å². The highest BCUT2D eigenvalue weighted by atomic mass is 19.3. The SMILES string of the molecule is CC1CCCN1C(=O)Cc1cccc(Oc2ccco2)c1.NC=O.O=CNCc1cc2cnccc2[nH]1.OC(F)F. The molecule has 0 aliphatic carbocycles. The lowest BCUT2D eigenvalue weighted by atomic mass is 10.1. The van der Waals surface area contributed by atoms with Gasteiger partial charge in [-0.2, -0.15) is 8.78 Å². The Bertz CT molecular complexity index is 1300. The van der Waals surface area contributed by atoms with E-state index in [9.17, 15) is 18.4 Å². The molecule has 1 saturated heterocycles. The predicted molar refractivity (Wildman–Crippen MR) is 147 cm³/mol. The Morgan fingerprint density at radius 1 is 1.29 bits per heavy atom. The number of hydrogen-bond acceptors (Lipinski definition) is 7. The largest absolute Gasteiger partial charge is 0.434 e. The lowest BCUT2D eigenvalue weighted by Crippen LogP contribution is -2.34. The van der Waals surface area contributed by atoms with E-state index in [1.54, 1.807) is 30.8 Å². The van der Waals surface area contributed by atoms with Gasteiger partial charge in [0.05, 0.1) is 19.2 Å². The van der Waals surface area contributed by atoms with Crippen LogP contribution in [0.25, 0.3) is 10.9 Å². The molecule has 1 aliphatic heterocycles. The van der Waals surface area contributed by atoms with E-state index in [1.165, 1.54) is 0 Å². The van der Waals surface area contributed by atoms with Crippen molar-refractivity contribution < 1.29 is 37.4 Å². The first-order valence-corrected chi connectivity index (χ1v) is 12.6. The van der Waals surface area contributed by atoms with Crippen LogP contribution in [0, 0.1) is 0 Å². The molecular weight excluding hydrogens is 540 g/mol. The van der Waals surface area contributed by atoms with Crippen molar-refractivity contribution in [1.29, 1.82) is 0 Å². The summed E-state index contributed by atoms with van der Waals surface area (Å²) in [6, 6.07) is 15.4. The van der Waals surface area contributed by atoms with Crippen LogP contribution in [0.1, 0.15) is 31.0 Å². The van der Waals surface area contributed by atoms with Crippen LogP contribution in [0.2, 0.25) is 0 Å². The summed E-state index contributed by atoms with van der Waals surface area (Å²) in [5, 5.41) is 10.4. The fourth-order valence-electron chi connectivity index (χ4n) is 4.02. The van der Waals surface area contributed by atoms with Crippen molar-refractivity contribution in [3.8, 4) is 11.7 Å². The number of fused-ring (bicyclic) bond motifs is 1. The number of primary amides is 1. The van der Waals surface area contributed by atoms with Crippen molar-refractivity contribution in [2.75, 3.05) is 6.54 Å². The van der Waals surface area contributed by atoms with Crippen LogP contribution < -0.4 is 15.8 Å². The summed E-state index contributed by atoms with van der Waals surface area (Å²) in [6.45, 7) is 0.349. The highest BCUT2D eigenvalue weighted by molar-refractivity contribution is 5.80. The van der Waals surface area contributed by atoms with Gasteiger partial charge in [-0.1, -0.05) is 12.1 Å². The van der Waals surface area contributed by atoms with Gasteiger partial charge in [-0.3, -0.25) is 19.4 Å². The maximum atomic E-state index is 12.3. The molecule has 1 fully saturated rings. The number of alkyl halides is 2. The van der Waals surface area contributed by atoms with Crippen LogP contribution in [0.15, 0.2) is 71.6 Å². The molecule has 0 radical (unpaired) electrons. The highest BCUT2D eigenvalue weighted by Crippen LogP contribution is 2.24. The van der Waals surface area contributed by atoms with Gasteiger partial charge >= 0.3 is 6.61 Å². The molecule has 5 rings (SSSR count). The van der Waals surface area contributed by atoms with Crippen molar-refractivity contribution >= 4 is 29.6 Å². The topological polar surface area (TPSA) is 164 Å². The Labute approximate surface area is 235 Å². The number of nitrogens with zero attached hydrogens (tertiary/aromatic N) is 2. The van der Waals surface area contributed by atoms with Crippen LogP contribution in [-0.2, 0) is 27.3 Å². The molecule has 11 nitrogen and oxygen atoms in total. The van der Waals surface area contributed by atoms with E-state index < -0.39 is 6.61 Å². The summed E-state index contributed by atoms with van der Waals surface area (Å²) >= 11 is 0. The van der Waals surface area contributed by atoms with Crippen molar-refractivity contribution in [3.05, 3.63) is 78.4 Å². The van der Waals surface area contributed by atoms with E-state index in [0.29, 0.717) is 37.1 Å². The molecule has 4 aromatic rings. The molecule has 3 amide bonds. The van der Waals surface area contributed by atoms with Crippen LogP contribution >= 0.6 is 0 Å². The van der Waals surface area contributed by atoms with E-state index in [4.69, 9.17) is 19.1 Å². The molecule has 13 heteroatoms. The predicted octanol–water partition coefficient (Wildman–Crippen LogP) is 3.74. The van der Waals surface area contributed by atoms with Gasteiger partial charge < -0.3 is 35.2 Å². The van der Waals surface area contributed by atoms with Gasteiger partial charge in [0, 0.05) is 47.6 Å². The molecule has 5 N–H and O–H groups in total. The van der Waals surface area contributed by atoms with Gasteiger partial charge in [0.15, 0.2) is 0 Å². The molecule has 0 bridgehead atoms. The second-order valence-electron chi connectivity index (χ2n) is 8.61. The number of carbonyl (C=O) groups excluding carboxylic acids is 3. The maximum Gasteiger partial charge on any atom is 0.342 e. The number of pyridine rings is 1. The first-order valence-electron chi connectivity index (χ1n) is 12.6. The van der Waals surface area contributed by atoms with Crippen molar-refractivity contribution in [3.63, 3.8) is 0 Å². The minimum atomic E-state index is -3.17. The third kappa shape index (κ3) is 11.9. The first kappa shape index (κ1) is 32.4. The number of amides is 3. The summed E-state index contributed by atoms with van der Waals surface area (Å²) in [5.74, 6) is 1.33. The molecular formula is C28H33F2N5O6. The van der Waals surface area contributed by atoms with Crippen molar-refractivity contribution in [2.45, 2.75) is 45.4 Å². The smallest absolute Gasteiger partial charge is 0.342 e. The van der Waals surface area contributed by atoms with Crippen LogP contribution in [-0.4, -0.2) is 57.9 Å². The number of benzene rings is 1. The molecule has 1 aromatic carbocycles. The Morgan fingerprint density at radius 2 is 2.05 bits per heavy atom. The number of likely N-dealkylation sites (tertiary alicyclic amines) is 1. The van der Waals surface area contributed by atoms with Crippen molar-refractivity contribution in [1.82, 2.24) is 20.2 Å². The summed E-state index contributed by atoms with van der Waals surface area (Å²) in [5.41, 5.74) is 7.15. The van der Waals surface area contributed by atoms with Crippen LogP contribution in [0.3, 0.4) is 0 Å². The molecule has 3 aromatic heterocycles. The molecule has 1 atom stereocenters. The third-order valence-electron chi connectivity index (χ3n) is 5.69.